The van der Waals surface area contributed by atoms with Gasteiger partial charge < -0.3 is 14.2 Å². The average molecular weight is 318 g/mol. The fourth-order valence-corrected chi connectivity index (χ4v) is 1.96. The molecule has 0 bridgehead atoms. The standard InChI is InChI=1S/C18H19FO4/c1-3-10-22-18(20)13-8-9-16(17(11-13)21-2)23-12-14-6-4-5-7-15(14)19/h4-9,11H,3,10,12H2,1-2H3. The monoisotopic (exact) mass is 318 g/mol. The second kappa shape index (κ2) is 8.17. The lowest BCUT2D eigenvalue weighted by molar-refractivity contribution is 0.0504. The van der Waals surface area contributed by atoms with E-state index in [1.807, 2.05) is 6.92 Å². The van der Waals surface area contributed by atoms with Crippen LogP contribution in [0, 0.1) is 5.82 Å². The minimum absolute atomic E-state index is 0.0721. The summed E-state index contributed by atoms with van der Waals surface area (Å²) < 4.78 is 29.5. The normalized spacial score (nSPS) is 10.2. The van der Waals surface area contributed by atoms with Crippen molar-refractivity contribution in [3.8, 4) is 11.5 Å². The van der Waals surface area contributed by atoms with Crippen LogP contribution in [-0.4, -0.2) is 19.7 Å². The first-order valence-corrected chi connectivity index (χ1v) is 7.37. The van der Waals surface area contributed by atoms with E-state index in [1.54, 1.807) is 36.4 Å². The number of ether oxygens (including phenoxy) is 3. The molecule has 0 spiro atoms. The van der Waals surface area contributed by atoms with Gasteiger partial charge in [-0.3, -0.25) is 0 Å². The zero-order valence-corrected chi connectivity index (χ0v) is 13.2. The van der Waals surface area contributed by atoms with Crippen molar-refractivity contribution in [3.63, 3.8) is 0 Å². The Bertz CT molecular complexity index is 670. The maximum absolute atomic E-state index is 13.6. The van der Waals surface area contributed by atoms with Gasteiger partial charge in [0.05, 0.1) is 19.3 Å². The lowest BCUT2D eigenvalue weighted by Gasteiger charge is -2.12. The summed E-state index contributed by atoms with van der Waals surface area (Å²) in [6, 6.07) is 11.1. The molecule has 2 rings (SSSR count). The summed E-state index contributed by atoms with van der Waals surface area (Å²) in [6.07, 6.45) is 0.757. The van der Waals surface area contributed by atoms with Crippen LogP contribution in [0.3, 0.4) is 0 Å². The Labute approximate surface area is 134 Å². The predicted octanol–water partition coefficient (Wildman–Crippen LogP) is 3.98. The highest BCUT2D eigenvalue weighted by Crippen LogP contribution is 2.29. The molecule has 23 heavy (non-hydrogen) atoms. The summed E-state index contributed by atoms with van der Waals surface area (Å²) in [4.78, 5) is 11.8. The third-order valence-corrected chi connectivity index (χ3v) is 3.18. The Morgan fingerprint density at radius 1 is 1.13 bits per heavy atom. The largest absolute Gasteiger partial charge is 0.493 e. The minimum atomic E-state index is -0.411. The minimum Gasteiger partial charge on any atom is -0.493 e. The molecule has 0 atom stereocenters. The molecule has 0 aliphatic heterocycles. The molecule has 2 aromatic rings. The number of methoxy groups -OCH3 is 1. The first-order valence-electron chi connectivity index (χ1n) is 7.37. The summed E-state index contributed by atoms with van der Waals surface area (Å²) in [5.41, 5.74) is 0.828. The molecule has 122 valence electrons. The predicted molar refractivity (Wildman–Crippen MR) is 84.3 cm³/mol. The van der Waals surface area contributed by atoms with Crippen LogP contribution in [-0.2, 0) is 11.3 Å². The summed E-state index contributed by atoms with van der Waals surface area (Å²) >= 11 is 0. The second-order valence-electron chi connectivity index (χ2n) is 4.88. The highest BCUT2D eigenvalue weighted by molar-refractivity contribution is 5.90. The highest BCUT2D eigenvalue weighted by atomic mass is 19.1. The van der Waals surface area contributed by atoms with Crippen LogP contribution in [0.2, 0.25) is 0 Å². The molecule has 0 radical (unpaired) electrons. The van der Waals surface area contributed by atoms with Crippen molar-refractivity contribution in [1.82, 2.24) is 0 Å². The molecule has 0 aliphatic carbocycles. The first-order chi connectivity index (χ1) is 11.2. The average Bonchev–Trinajstić information content (AvgIpc) is 2.58. The molecular weight excluding hydrogens is 299 g/mol. The summed E-state index contributed by atoms with van der Waals surface area (Å²) in [5, 5.41) is 0. The van der Waals surface area contributed by atoms with E-state index < -0.39 is 5.97 Å². The van der Waals surface area contributed by atoms with Crippen LogP contribution >= 0.6 is 0 Å². The van der Waals surface area contributed by atoms with E-state index in [1.165, 1.54) is 13.2 Å². The van der Waals surface area contributed by atoms with Gasteiger partial charge in [-0.1, -0.05) is 25.1 Å². The zero-order chi connectivity index (χ0) is 16.7. The highest BCUT2D eigenvalue weighted by Gasteiger charge is 2.13. The maximum atomic E-state index is 13.6. The summed E-state index contributed by atoms with van der Waals surface area (Å²) in [6.45, 7) is 2.36. The van der Waals surface area contributed by atoms with E-state index in [-0.39, 0.29) is 12.4 Å². The smallest absolute Gasteiger partial charge is 0.338 e. The van der Waals surface area contributed by atoms with E-state index >= 15 is 0 Å². The lowest BCUT2D eigenvalue weighted by atomic mass is 10.2. The van der Waals surface area contributed by atoms with Crippen LogP contribution in [0.5, 0.6) is 11.5 Å². The van der Waals surface area contributed by atoms with Crippen molar-refractivity contribution in [2.75, 3.05) is 13.7 Å². The molecule has 4 nitrogen and oxygen atoms in total. The topological polar surface area (TPSA) is 44.8 Å². The molecule has 5 heteroatoms. The van der Waals surface area contributed by atoms with Crippen molar-refractivity contribution in [1.29, 1.82) is 0 Å². The molecule has 0 heterocycles. The van der Waals surface area contributed by atoms with Crippen LogP contribution in [0.4, 0.5) is 4.39 Å². The van der Waals surface area contributed by atoms with Gasteiger partial charge in [0.25, 0.3) is 0 Å². The Morgan fingerprint density at radius 3 is 2.61 bits per heavy atom. The number of benzene rings is 2. The van der Waals surface area contributed by atoms with E-state index in [0.29, 0.717) is 29.2 Å². The van der Waals surface area contributed by atoms with Crippen LogP contribution < -0.4 is 9.47 Å². The van der Waals surface area contributed by atoms with Crippen molar-refractivity contribution >= 4 is 5.97 Å². The van der Waals surface area contributed by atoms with E-state index in [9.17, 15) is 9.18 Å². The van der Waals surface area contributed by atoms with E-state index in [2.05, 4.69) is 0 Å². The van der Waals surface area contributed by atoms with Gasteiger partial charge in [-0.15, -0.1) is 0 Å². The van der Waals surface area contributed by atoms with Gasteiger partial charge in [-0.2, -0.15) is 0 Å². The first kappa shape index (κ1) is 16.8. The summed E-state index contributed by atoms with van der Waals surface area (Å²) in [7, 11) is 1.48. The molecular formula is C18H19FO4. The Hall–Kier alpha value is -2.56. The van der Waals surface area contributed by atoms with Crippen molar-refractivity contribution in [2.45, 2.75) is 20.0 Å². The van der Waals surface area contributed by atoms with Crippen molar-refractivity contribution < 1.29 is 23.4 Å². The van der Waals surface area contributed by atoms with Crippen LogP contribution in [0.15, 0.2) is 42.5 Å². The van der Waals surface area contributed by atoms with E-state index in [0.717, 1.165) is 6.42 Å². The molecule has 0 fully saturated rings. The molecule has 0 aliphatic rings. The molecule has 0 N–H and O–H groups in total. The maximum Gasteiger partial charge on any atom is 0.338 e. The van der Waals surface area contributed by atoms with Crippen LogP contribution in [0.1, 0.15) is 29.3 Å². The van der Waals surface area contributed by atoms with Gasteiger partial charge in [0, 0.05) is 5.56 Å². The fraction of sp³-hybridized carbons (Fsp3) is 0.278. The van der Waals surface area contributed by atoms with Gasteiger partial charge in [0.15, 0.2) is 11.5 Å². The third-order valence-electron chi connectivity index (χ3n) is 3.18. The molecule has 2 aromatic carbocycles. The Morgan fingerprint density at radius 2 is 1.91 bits per heavy atom. The second-order valence-corrected chi connectivity index (χ2v) is 4.88. The lowest BCUT2D eigenvalue weighted by Crippen LogP contribution is -2.07. The Balaban J connectivity index is 2.10. The molecule has 0 unspecified atom stereocenters. The van der Waals surface area contributed by atoms with Crippen molar-refractivity contribution in [3.05, 3.63) is 59.4 Å². The number of esters is 1. The quantitative estimate of drug-likeness (QED) is 0.724. The third kappa shape index (κ3) is 4.45. The number of rotatable bonds is 7. The Kier molecular flexibility index (Phi) is 5.97. The van der Waals surface area contributed by atoms with Gasteiger partial charge in [-0.05, 0) is 30.7 Å². The molecule has 0 saturated carbocycles. The number of carbonyl (C=O) groups is 1. The number of hydrogen-bond donors (Lipinski definition) is 0. The fourth-order valence-electron chi connectivity index (χ4n) is 1.96. The SMILES string of the molecule is CCCOC(=O)c1ccc(OCc2ccccc2F)c(OC)c1. The molecule has 0 saturated heterocycles. The molecule has 0 amide bonds. The number of halogens is 1. The van der Waals surface area contributed by atoms with Gasteiger partial charge in [-0.25, -0.2) is 9.18 Å². The molecule has 0 aromatic heterocycles. The summed E-state index contributed by atoms with van der Waals surface area (Å²) in [5.74, 6) is 0.0899. The zero-order valence-electron chi connectivity index (χ0n) is 13.2. The van der Waals surface area contributed by atoms with E-state index in [4.69, 9.17) is 14.2 Å². The van der Waals surface area contributed by atoms with Gasteiger partial charge >= 0.3 is 5.97 Å². The van der Waals surface area contributed by atoms with Crippen molar-refractivity contribution in [2.24, 2.45) is 0 Å². The van der Waals surface area contributed by atoms with Gasteiger partial charge in [0.1, 0.15) is 12.4 Å². The van der Waals surface area contributed by atoms with Crippen LogP contribution in [0.25, 0.3) is 0 Å². The number of hydrogen-bond acceptors (Lipinski definition) is 4. The number of carbonyl (C=O) groups excluding carboxylic acids is 1. The van der Waals surface area contributed by atoms with Gasteiger partial charge in [0.2, 0.25) is 0 Å².